The zero-order valence-electron chi connectivity index (χ0n) is 13.5. The first-order valence-electron chi connectivity index (χ1n) is 7.86. The molecule has 0 radical (unpaired) electrons. The first-order chi connectivity index (χ1) is 10.9. The van der Waals surface area contributed by atoms with Crippen LogP contribution in [-0.2, 0) is 16.1 Å². The molecule has 1 aliphatic heterocycles. The van der Waals surface area contributed by atoms with E-state index in [1.165, 1.54) is 0 Å². The van der Waals surface area contributed by atoms with E-state index in [1.807, 2.05) is 36.9 Å². The molecule has 126 valence electrons. The van der Waals surface area contributed by atoms with Gasteiger partial charge in [-0.3, -0.25) is 14.5 Å². The van der Waals surface area contributed by atoms with E-state index < -0.39 is 11.9 Å². The molecule has 1 saturated heterocycles. The SMILES string of the molecule is CC1CC(C(=O)O)CN(C(C)C(=O)NCc2ccccc2Cl)C1. The fourth-order valence-electron chi connectivity index (χ4n) is 3.03. The molecule has 1 aromatic carbocycles. The van der Waals surface area contributed by atoms with Crippen LogP contribution in [0.25, 0.3) is 0 Å². The molecule has 23 heavy (non-hydrogen) atoms. The van der Waals surface area contributed by atoms with Gasteiger partial charge in [0.05, 0.1) is 12.0 Å². The van der Waals surface area contributed by atoms with Gasteiger partial charge in [0.25, 0.3) is 0 Å². The zero-order chi connectivity index (χ0) is 17.0. The summed E-state index contributed by atoms with van der Waals surface area (Å²) in [6.45, 7) is 5.37. The molecule has 2 rings (SSSR count). The van der Waals surface area contributed by atoms with Crippen LogP contribution in [0, 0.1) is 11.8 Å². The molecule has 1 aliphatic rings. The molecule has 0 saturated carbocycles. The summed E-state index contributed by atoms with van der Waals surface area (Å²) in [6.07, 6.45) is 0.666. The van der Waals surface area contributed by atoms with Gasteiger partial charge in [0.2, 0.25) is 5.91 Å². The predicted molar refractivity (Wildman–Crippen MR) is 89.2 cm³/mol. The number of carbonyl (C=O) groups is 2. The molecule has 2 N–H and O–H groups in total. The van der Waals surface area contributed by atoms with E-state index in [0.29, 0.717) is 24.5 Å². The Morgan fingerprint density at radius 3 is 2.74 bits per heavy atom. The summed E-state index contributed by atoms with van der Waals surface area (Å²) in [6, 6.07) is 7.02. The van der Waals surface area contributed by atoms with E-state index >= 15 is 0 Å². The van der Waals surface area contributed by atoms with Crippen molar-refractivity contribution in [2.45, 2.75) is 32.9 Å². The standard InChI is InChI=1S/C17H23ClN2O3/c1-11-7-14(17(22)23)10-20(9-11)12(2)16(21)19-8-13-5-3-4-6-15(13)18/h3-6,11-12,14H,7-10H2,1-2H3,(H,19,21)(H,22,23). The summed E-state index contributed by atoms with van der Waals surface area (Å²) in [4.78, 5) is 25.6. The third-order valence-corrected chi connectivity index (χ3v) is 4.74. The monoisotopic (exact) mass is 338 g/mol. The third-order valence-electron chi connectivity index (χ3n) is 4.38. The van der Waals surface area contributed by atoms with Gasteiger partial charge in [-0.15, -0.1) is 0 Å². The van der Waals surface area contributed by atoms with E-state index in [9.17, 15) is 14.7 Å². The van der Waals surface area contributed by atoms with Crippen LogP contribution in [-0.4, -0.2) is 41.0 Å². The molecule has 3 atom stereocenters. The smallest absolute Gasteiger partial charge is 0.307 e. The number of likely N-dealkylation sites (tertiary alicyclic amines) is 1. The minimum atomic E-state index is -0.787. The van der Waals surface area contributed by atoms with E-state index in [0.717, 1.165) is 12.1 Å². The van der Waals surface area contributed by atoms with Gasteiger partial charge in [-0.1, -0.05) is 36.7 Å². The van der Waals surface area contributed by atoms with Crippen LogP contribution < -0.4 is 5.32 Å². The number of piperidine rings is 1. The van der Waals surface area contributed by atoms with Gasteiger partial charge >= 0.3 is 5.97 Å². The van der Waals surface area contributed by atoms with Crippen LogP contribution in [0.1, 0.15) is 25.8 Å². The number of nitrogens with zero attached hydrogens (tertiary/aromatic N) is 1. The first kappa shape index (κ1) is 17.8. The number of nitrogens with one attached hydrogen (secondary N) is 1. The van der Waals surface area contributed by atoms with E-state index in [1.54, 1.807) is 6.07 Å². The fourth-order valence-corrected chi connectivity index (χ4v) is 3.23. The molecule has 6 heteroatoms. The Labute approximate surface area is 141 Å². The number of benzene rings is 1. The predicted octanol–water partition coefficient (Wildman–Crippen LogP) is 2.39. The van der Waals surface area contributed by atoms with Crippen LogP contribution >= 0.6 is 11.6 Å². The maximum absolute atomic E-state index is 12.4. The Morgan fingerprint density at radius 1 is 1.39 bits per heavy atom. The van der Waals surface area contributed by atoms with E-state index in [-0.39, 0.29) is 17.9 Å². The van der Waals surface area contributed by atoms with Gasteiger partial charge in [0.15, 0.2) is 0 Å². The summed E-state index contributed by atoms with van der Waals surface area (Å²) in [5, 5.41) is 12.7. The number of carbonyl (C=O) groups excluding carboxylic acids is 1. The van der Waals surface area contributed by atoms with Crippen molar-refractivity contribution in [2.24, 2.45) is 11.8 Å². The second kappa shape index (κ2) is 7.79. The van der Waals surface area contributed by atoms with Crippen molar-refractivity contribution in [2.75, 3.05) is 13.1 Å². The Balaban J connectivity index is 1.93. The van der Waals surface area contributed by atoms with E-state index in [4.69, 9.17) is 11.6 Å². The van der Waals surface area contributed by atoms with Gasteiger partial charge in [0, 0.05) is 24.7 Å². The zero-order valence-corrected chi connectivity index (χ0v) is 14.2. The molecular formula is C17H23ClN2O3. The molecule has 0 aromatic heterocycles. The molecular weight excluding hydrogens is 316 g/mol. The number of rotatable bonds is 5. The molecule has 0 bridgehead atoms. The Hall–Kier alpha value is -1.59. The second-order valence-electron chi connectivity index (χ2n) is 6.32. The third kappa shape index (κ3) is 4.69. The number of hydrogen-bond donors (Lipinski definition) is 2. The maximum atomic E-state index is 12.4. The van der Waals surface area contributed by atoms with Crippen molar-refractivity contribution in [3.63, 3.8) is 0 Å². The lowest BCUT2D eigenvalue weighted by Gasteiger charge is -2.37. The van der Waals surface area contributed by atoms with Gasteiger partial charge in [0.1, 0.15) is 0 Å². The lowest BCUT2D eigenvalue weighted by Crippen LogP contribution is -2.52. The molecule has 0 aliphatic carbocycles. The number of carboxylic acid groups (broad SMARTS) is 1. The lowest BCUT2D eigenvalue weighted by atomic mass is 9.89. The topological polar surface area (TPSA) is 69.6 Å². The summed E-state index contributed by atoms with van der Waals surface area (Å²) in [7, 11) is 0. The van der Waals surface area contributed by atoms with Gasteiger partial charge in [-0.2, -0.15) is 0 Å². The lowest BCUT2D eigenvalue weighted by molar-refractivity contribution is -0.146. The molecule has 1 fully saturated rings. The second-order valence-corrected chi connectivity index (χ2v) is 6.72. The number of amides is 1. The molecule has 3 unspecified atom stereocenters. The average Bonchev–Trinajstić information content (AvgIpc) is 2.52. The van der Waals surface area contributed by atoms with Crippen molar-refractivity contribution in [3.05, 3.63) is 34.9 Å². The Kier molecular flexibility index (Phi) is 6.02. The highest BCUT2D eigenvalue weighted by Crippen LogP contribution is 2.23. The summed E-state index contributed by atoms with van der Waals surface area (Å²) in [5.74, 6) is -1.03. The van der Waals surface area contributed by atoms with Crippen molar-refractivity contribution < 1.29 is 14.7 Å². The minimum Gasteiger partial charge on any atom is -0.481 e. The maximum Gasteiger partial charge on any atom is 0.307 e. The van der Waals surface area contributed by atoms with Gasteiger partial charge < -0.3 is 10.4 Å². The normalized spacial score (nSPS) is 23.3. The summed E-state index contributed by atoms with van der Waals surface area (Å²) in [5.41, 5.74) is 0.866. The quantitative estimate of drug-likeness (QED) is 0.865. The number of carboxylic acids is 1. The Morgan fingerprint density at radius 2 is 2.09 bits per heavy atom. The van der Waals surface area contributed by atoms with Crippen LogP contribution in [0.4, 0.5) is 0 Å². The van der Waals surface area contributed by atoms with Crippen LogP contribution in [0.5, 0.6) is 0 Å². The van der Waals surface area contributed by atoms with Crippen LogP contribution in [0.3, 0.4) is 0 Å². The van der Waals surface area contributed by atoms with E-state index in [2.05, 4.69) is 5.32 Å². The largest absolute Gasteiger partial charge is 0.481 e. The molecule has 5 nitrogen and oxygen atoms in total. The van der Waals surface area contributed by atoms with Gasteiger partial charge in [-0.05, 0) is 30.9 Å². The molecule has 1 aromatic rings. The average molecular weight is 339 g/mol. The summed E-state index contributed by atoms with van der Waals surface area (Å²) >= 11 is 6.08. The first-order valence-corrected chi connectivity index (χ1v) is 8.24. The highest BCUT2D eigenvalue weighted by Gasteiger charge is 2.33. The minimum absolute atomic E-state index is 0.108. The number of hydrogen-bond acceptors (Lipinski definition) is 3. The fraction of sp³-hybridized carbons (Fsp3) is 0.529. The molecule has 1 heterocycles. The van der Waals surface area contributed by atoms with Crippen LogP contribution in [0.2, 0.25) is 5.02 Å². The van der Waals surface area contributed by atoms with Gasteiger partial charge in [-0.25, -0.2) is 0 Å². The highest BCUT2D eigenvalue weighted by atomic mass is 35.5. The molecule has 1 amide bonds. The van der Waals surface area contributed by atoms with Crippen molar-refractivity contribution >= 4 is 23.5 Å². The summed E-state index contributed by atoms with van der Waals surface area (Å²) < 4.78 is 0. The van der Waals surface area contributed by atoms with Crippen molar-refractivity contribution in [1.29, 1.82) is 0 Å². The number of halogens is 1. The van der Waals surface area contributed by atoms with Crippen molar-refractivity contribution in [1.82, 2.24) is 10.2 Å². The highest BCUT2D eigenvalue weighted by molar-refractivity contribution is 6.31. The van der Waals surface area contributed by atoms with Crippen molar-refractivity contribution in [3.8, 4) is 0 Å². The number of aliphatic carboxylic acids is 1. The van der Waals surface area contributed by atoms with Crippen LogP contribution in [0.15, 0.2) is 24.3 Å². The Bertz CT molecular complexity index is 579. The molecule has 0 spiro atoms.